The molecule has 110 valence electrons. The smallest absolute Gasteiger partial charge is 0.128 e. The lowest BCUT2D eigenvalue weighted by atomic mass is 10.2. The molecule has 21 heavy (non-hydrogen) atoms. The van der Waals surface area contributed by atoms with Crippen molar-refractivity contribution in [2.45, 2.75) is 31.7 Å². The number of rotatable bonds is 4. The van der Waals surface area contributed by atoms with Crippen LogP contribution in [0.15, 0.2) is 34.2 Å². The second kappa shape index (κ2) is 6.07. The number of halogens is 2. The van der Waals surface area contributed by atoms with Crippen LogP contribution in [0.5, 0.6) is 0 Å². The molecule has 0 spiro atoms. The minimum atomic E-state index is -0.148. The van der Waals surface area contributed by atoms with Gasteiger partial charge in [0, 0.05) is 16.0 Å². The monoisotopic (exact) mass is 383 g/mol. The Morgan fingerprint density at radius 2 is 2.24 bits per heavy atom. The second-order valence-electron chi connectivity index (χ2n) is 4.88. The summed E-state index contributed by atoms with van der Waals surface area (Å²) in [5.41, 5.74) is 2.06. The molecule has 0 aliphatic carbocycles. The van der Waals surface area contributed by atoms with Gasteiger partial charge in [-0.2, -0.15) is 0 Å². The lowest BCUT2D eigenvalue weighted by molar-refractivity contribution is 0.552. The first-order chi connectivity index (χ1) is 10.1. The van der Waals surface area contributed by atoms with Crippen LogP contribution < -0.4 is 0 Å². The van der Waals surface area contributed by atoms with E-state index in [0.717, 1.165) is 32.8 Å². The molecule has 2 unspecified atom stereocenters. The van der Waals surface area contributed by atoms with Gasteiger partial charge in [0.05, 0.1) is 22.5 Å². The SMILES string of the molecule is CCC(c1nccs1)n1c(C(C)Cl)nc2cc(Br)ccc21. The summed E-state index contributed by atoms with van der Waals surface area (Å²) in [5, 5.41) is 2.96. The third-order valence-corrected chi connectivity index (χ3v) is 5.03. The first kappa shape index (κ1) is 15.0. The molecule has 3 rings (SSSR count). The van der Waals surface area contributed by atoms with E-state index in [1.54, 1.807) is 11.3 Å². The van der Waals surface area contributed by atoms with E-state index >= 15 is 0 Å². The molecule has 0 amide bonds. The van der Waals surface area contributed by atoms with Crippen LogP contribution in [0.4, 0.5) is 0 Å². The van der Waals surface area contributed by atoms with Gasteiger partial charge in [0.15, 0.2) is 0 Å². The van der Waals surface area contributed by atoms with Crippen molar-refractivity contribution in [1.29, 1.82) is 0 Å². The second-order valence-corrected chi connectivity index (χ2v) is 7.38. The number of hydrogen-bond donors (Lipinski definition) is 0. The van der Waals surface area contributed by atoms with Crippen molar-refractivity contribution in [3.05, 3.63) is 45.1 Å². The van der Waals surface area contributed by atoms with Crippen LogP contribution in [0, 0.1) is 0 Å². The van der Waals surface area contributed by atoms with Crippen molar-refractivity contribution < 1.29 is 0 Å². The molecule has 3 aromatic rings. The molecule has 3 nitrogen and oxygen atoms in total. The summed E-state index contributed by atoms with van der Waals surface area (Å²) in [7, 11) is 0. The highest BCUT2D eigenvalue weighted by molar-refractivity contribution is 9.10. The Labute approximate surface area is 141 Å². The highest BCUT2D eigenvalue weighted by Crippen LogP contribution is 2.34. The van der Waals surface area contributed by atoms with Gasteiger partial charge >= 0.3 is 0 Å². The number of thiazole rings is 1. The van der Waals surface area contributed by atoms with E-state index in [9.17, 15) is 0 Å². The quantitative estimate of drug-likeness (QED) is 0.552. The molecule has 0 aliphatic heterocycles. The lowest BCUT2D eigenvalue weighted by Gasteiger charge is -2.19. The molecule has 2 atom stereocenters. The molecule has 0 aliphatic rings. The maximum absolute atomic E-state index is 6.37. The van der Waals surface area contributed by atoms with Crippen LogP contribution in [-0.4, -0.2) is 14.5 Å². The van der Waals surface area contributed by atoms with E-state index in [1.807, 2.05) is 30.6 Å². The molecule has 6 heteroatoms. The number of nitrogens with zero attached hydrogens (tertiary/aromatic N) is 3. The first-order valence-corrected chi connectivity index (χ1v) is 8.93. The molecule has 0 saturated carbocycles. The zero-order valence-corrected chi connectivity index (χ0v) is 14.9. The molecule has 1 aromatic carbocycles. The number of imidazole rings is 1. The summed E-state index contributed by atoms with van der Waals surface area (Å²) in [6.07, 6.45) is 2.80. The van der Waals surface area contributed by atoms with Gasteiger partial charge in [-0.05, 0) is 31.5 Å². The van der Waals surface area contributed by atoms with E-state index in [4.69, 9.17) is 16.6 Å². The van der Waals surface area contributed by atoms with Crippen LogP contribution in [0.1, 0.15) is 42.5 Å². The summed E-state index contributed by atoms with van der Waals surface area (Å²) in [4.78, 5) is 9.22. The summed E-state index contributed by atoms with van der Waals surface area (Å²) < 4.78 is 3.26. The van der Waals surface area contributed by atoms with Crippen LogP contribution >= 0.6 is 38.9 Å². The van der Waals surface area contributed by atoms with E-state index < -0.39 is 0 Å². The van der Waals surface area contributed by atoms with Crippen LogP contribution in [0.2, 0.25) is 0 Å². The standard InChI is InChI=1S/C15H15BrClN3S/c1-3-12(15-18-6-7-21-15)20-13-5-4-10(16)8-11(13)19-14(20)9(2)17/h4-9,12H,3H2,1-2H3. The summed E-state index contributed by atoms with van der Waals surface area (Å²) >= 11 is 11.5. The molecule has 0 saturated heterocycles. The highest BCUT2D eigenvalue weighted by atomic mass is 79.9. The average molecular weight is 385 g/mol. The molecule has 2 aromatic heterocycles. The Hall–Kier alpha value is -0.910. The van der Waals surface area contributed by atoms with Gasteiger partial charge in [-0.1, -0.05) is 22.9 Å². The molecular formula is C15H15BrClN3S. The predicted molar refractivity (Wildman–Crippen MR) is 92.2 cm³/mol. The summed E-state index contributed by atoms with van der Waals surface area (Å²) in [5.74, 6) is 0.895. The molecule has 0 bridgehead atoms. The first-order valence-electron chi connectivity index (χ1n) is 6.82. The van der Waals surface area contributed by atoms with Gasteiger partial charge < -0.3 is 4.57 Å². The minimum Gasteiger partial charge on any atom is -0.317 e. The van der Waals surface area contributed by atoms with E-state index in [-0.39, 0.29) is 11.4 Å². The van der Waals surface area contributed by atoms with E-state index in [1.165, 1.54) is 0 Å². The van der Waals surface area contributed by atoms with Gasteiger partial charge in [-0.3, -0.25) is 0 Å². The van der Waals surface area contributed by atoms with Crippen LogP contribution in [0.25, 0.3) is 11.0 Å². The normalized spacial score (nSPS) is 14.5. The van der Waals surface area contributed by atoms with Gasteiger partial charge in [0.25, 0.3) is 0 Å². The van der Waals surface area contributed by atoms with Gasteiger partial charge in [-0.25, -0.2) is 9.97 Å². The molecule has 0 N–H and O–H groups in total. The third-order valence-electron chi connectivity index (χ3n) is 3.47. The van der Waals surface area contributed by atoms with E-state index in [2.05, 4.69) is 38.5 Å². The highest BCUT2D eigenvalue weighted by Gasteiger charge is 2.23. The molecule has 0 radical (unpaired) electrons. The Kier molecular flexibility index (Phi) is 4.33. The van der Waals surface area contributed by atoms with Gasteiger partial charge in [-0.15, -0.1) is 22.9 Å². The fourth-order valence-corrected chi connectivity index (χ4v) is 3.88. The number of fused-ring (bicyclic) bond motifs is 1. The maximum atomic E-state index is 6.37. The van der Waals surface area contributed by atoms with Crippen molar-refractivity contribution in [2.24, 2.45) is 0 Å². The topological polar surface area (TPSA) is 30.7 Å². The largest absolute Gasteiger partial charge is 0.317 e. The molecule has 2 heterocycles. The number of hydrogen-bond acceptors (Lipinski definition) is 3. The van der Waals surface area contributed by atoms with Crippen molar-refractivity contribution in [3.63, 3.8) is 0 Å². The lowest BCUT2D eigenvalue weighted by Crippen LogP contribution is -2.13. The maximum Gasteiger partial charge on any atom is 0.128 e. The zero-order valence-electron chi connectivity index (χ0n) is 11.8. The van der Waals surface area contributed by atoms with E-state index in [0.29, 0.717) is 0 Å². The number of alkyl halides is 1. The zero-order chi connectivity index (χ0) is 15.0. The Morgan fingerprint density at radius 1 is 1.43 bits per heavy atom. The van der Waals surface area contributed by atoms with Crippen LogP contribution in [0.3, 0.4) is 0 Å². The molecular weight excluding hydrogens is 370 g/mol. The summed E-state index contributed by atoms with van der Waals surface area (Å²) in [6, 6.07) is 6.33. The van der Waals surface area contributed by atoms with Crippen LogP contribution in [-0.2, 0) is 0 Å². The van der Waals surface area contributed by atoms with Gasteiger partial charge in [0.1, 0.15) is 10.8 Å². The Morgan fingerprint density at radius 3 is 2.86 bits per heavy atom. The van der Waals surface area contributed by atoms with Crippen molar-refractivity contribution >= 4 is 49.9 Å². The average Bonchev–Trinajstić information content (AvgIpc) is 3.08. The predicted octanol–water partition coefficient (Wildman–Crippen LogP) is 5.55. The third kappa shape index (κ3) is 2.74. The van der Waals surface area contributed by atoms with Crippen molar-refractivity contribution in [1.82, 2.24) is 14.5 Å². The molecule has 0 fully saturated rings. The van der Waals surface area contributed by atoms with Gasteiger partial charge in [0.2, 0.25) is 0 Å². The number of aromatic nitrogens is 3. The van der Waals surface area contributed by atoms with Crippen molar-refractivity contribution in [2.75, 3.05) is 0 Å². The van der Waals surface area contributed by atoms with Crippen molar-refractivity contribution in [3.8, 4) is 0 Å². The fraction of sp³-hybridized carbons (Fsp3) is 0.333. The Bertz CT molecular complexity index is 752. The number of benzene rings is 1. The summed E-state index contributed by atoms with van der Waals surface area (Å²) in [6.45, 7) is 4.13. The minimum absolute atomic E-state index is 0.148. The fourth-order valence-electron chi connectivity index (χ4n) is 2.57. The Balaban J connectivity index is 2.26.